The fourth-order valence-electron chi connectivity index (χ4n) is 3.34. The molecule has 0 radical (unpaired) electrons. The first-order chi connectivity index (χ1) is 14.5. The highest BCUT2D eigenvalue weighted by molar-refractivity contribution is 7.07. The largest absolute Gasteiger partial charge is 0.442 e. The van der Waals surface area contributed by atoms with Crippen LogP contribution in [0.2, 0.25) is 0 Å². The van der Waals surface area contributed by atoms with Gasteiger partial charge in [-0.3, -0.25) is 9.69 Å². The Morgan fingerprint density at radius 1 is 1.30 bits per heavy atom. The van der Waals surface area contributed by atoms with Crippen LogP contribution in [0.25, 0.3) is 11.1 Å². The Bertz CT molecular complexity index is 1050. The molecular weight excluding hydrogens is 405 g/mol. The van der Waals surface area contributed by atoms with Crippen LogP contribution in [0.15, 0.2) is 59.6 Å². The Labute approximate surface area is 177 Å². The number of carbonyl (C=O) groups is 2. The van der Waals surface area contributed by atoms with Crippen molar-refractivity contribution in [1.82, 2.24) is 5.32 Å². The lowest BCUT2D eigenvalue weighted by Gasteiger charge is -2.14. The number of nitrogens with zero attached hydrogens (tertiary/aromatic N) is 2. The molecule has 4 rings (SSSR count). The number of benzene rings is 1. The minimum atomic E-state index is -0.549. The standard InChI is InChI=1S/C22H20FN3O3S/c1-15(27)24-11-19-13-26(22(28)29-19)18-2-3-20(21(23)10-18)17-4-7-25(8-5-17)12-16-6-9-30-14-16/h2-10,14,19H,11-13H2,1H3/p+1/t19-/m0/s1. The number of amides is 2. The van der Waals surface area contributed by atoms with E-state index in [-0.39, 0.29) is 19.0 Å². The van der Waals surface area contributed by atoms with Crippen LogP contribution < -0.4 is 14.8 Å². The third-order valence-corrected chi connectivity index (χ3v) is 5.60. The van der Waals surface area contributed by atoms with Crippen molar-refractivity contribution >= 4 is 29.0 Å². The number of cyclic esters (lactones) is 1. The van der Waals surface area contributed by atoms with Gasteiger partial charge in [-0.05, 0) is 35.2 Å². The van der Waals surface area contributed by atoms with Gasteiger partial charge in [-0.15, -0.1) is 0 Å². The average Bonchev–Trinajstić information content (AvgIpc) is 3.36. The van der Waals surface area contributed by atoms with E-state index in [1.807, 2.05) is 34.5 Å². The van der Waals surface area contributed by atoms with Crippen molar-refractivity contribution in [2.24, 2.45) is 0 Å². The first-order valence-corrected chi connectivity index (χ1v) is 10.5. The molecule has 1 N–H and O–H groups in total. The van der Waals surface area contributed by atoms with E-state index in [0.29, 0.717) is 11.3 Å². The molecule has 6 nitrogen and oxygen atoms in total. The quantitative estimate of drug-likeness (QED) is 0.615. The fourth-order valence-corrected chi connectivity index (χ4v) is 4.00. The van der Waals surface area contributed by atoms with E-state index in [9.17, 15) is 14.0 Å². The summed E-state index contributed by atoms with van der Waals surface area (Å²) in [6, 6.07) is 10.5. The van der Waals surface area contributed by atoms with E-state index in [1.165, 1.54) is 23.5 Å². The van der Waals surface area contributed by atoms with E-state index in [2.05, 4.69) is 16.8 Å². The molecule has 3 heterocycles. The van der Waals surface area contributed by atoms with Gasteiger partial charge in [-0.2, -0.15) is 11.3 Å². The van der Waals surface area contributed by atoms with Gasteiger partial charge in [0.15, 0.2) is 18.9 Å². The van der Waals surface area contributed by atoms with E-state index in [4.69, 9.17) is 4.74 Å². The fraction of sp³-hybridized carbons (Fsp3) is 0.227. The molecule has 0 unspecified atom stereocenters. The van der Waals surface area contributed by atoms with Gasteiger partial charge in [0.25, 0.3) is 0 Å². The molecule has 1 atom stereocenters. The second kappa shape index (κ2) is 8.62. The highest BCUT2D eigenvalue weighted by atomic mass is 32.1. The van der Waals surface area contributed by atoms with Crippen molar-refractivity contribution in [2.45, 2.75) is 19.6 Å². The van der Waals surface area contributed by atoms with Gasteiger partial charge in [0.05, 0.1) is 18.8 Å². The van der Waals surface area contributed by atoms with Crippen molar-refractivity contribution < 1.29 is 23.3 Å². The third kappa shape index (κ3) is 4.49. The highest BCUT2D eigenvalue weighted by Crippen LogP contribution is 2.28. The maximum absolute atomic E-state index is 14.8. The first kappa shape index (κ1) is 20.0. The Morgan fingerprint density at radius 3 is 2.77 bits per heavy atom. The minimum Gasteiger partial charge on any atom is -0.442 e. The SMILES string of the molecule is CC(=O)NC[C@H]1CN(c2ccc(-c3cc[n+](Cc4ccsc4)cc3)c(F)c2)C(=O)O1. The topological polar surface area (TPSA) is 62.5 Å². The van der Waals surface area contributed by atoms with Gasteiger partial charge >= 0.3 is 6.09 Å². The summed E-state index contributed by atoms with van der Waals surface area (Å²) in [4.78, 5) is 24.5. The smallest absolute Gasteiger partial charge is 0.414 e. The number of hydrogen-bond donors (Lipinski definition) is 1. The molecule has 2 aromatic heterocycles. The summed E-state index contributed by atoms with van der Waals surface area (Å²) in [6.07, 6.45) is 2.83. The zero-order chi connectivity index (χ0) is 21.1. The number of aromatic nitrogens is 1. The van der Waals surface area contributed by atoms with Crippen LogP contribution in [0.3, 0.4) is 0 Å². The monoisotopic (exact) mass is 426 g/mol. The van der Waals surface area contributed by atoms with Crippen LogP contribution in [0, 0.1) is 5.82 Å². The zero-order valence-electron chi connectivity index (χ0n) is 16.4. The molecule has 0 saturated carbocycles. The lowest BCUT2D eigenvalue weighted by molar-refractivity contribution is -0.688. The number of carbonyl (C=O) groups excluding carboxylic acids is 2. The Morgan fingerprint density at radius 2 is 2.10 bits per heavy atom. The van der Waals surface area contributed by atoms with Gasteiger partial charge in [-0.1, -0.05) is 0 Å². The molecule has 2 amide bonds. The molecule has 1 aliphatic heterocycles. The molecule has 0 spiro atoms. The van der Waals surface area contributed by atoms with E-state index in [1.54, 1.807) is 23.5 Å². The second-order valence-electron chi connectivity index (χ2n) is 7.11. The molecule has 1 aliphatic rings. The average molecular weight is 426 g/mol. The van der Waals surface area contributed by atoms with Crippen molar-refractivity contribution in [2.75, 3.05) is 18.0 Å². The summed E-state index contributed by atoms with van der Waals surface area (Å²) >= 11 is 1.66. The number of nitrogens with one attached hydrogen (secondary N) is 1. The predicted octanol–water partition coefficient (Wildman–Crippen LogP) is 3.35. The van der Waals surface area contributed by atoms with Gasteiger partial charge in [0.2, 0.25) is 5.91 Å². The molecule has 8 heteroatoms. The molecule has 154 valence electrons. The van der Waals surface area contributed by atoms with Crippen LogP contribution in [-0.2, 0) is 16.1 Å². The third-order valence-electron chi connectivity index (χ3n) is 4.86. The molecular formula is C22H21FN3O3S+. The van der Waals surface area contributed by atoms with Crippen molar-refractivity contribution in [3.63, 3.8) is 0 Å². The van der Waals surface area contributed by atoms with Crippen LogP contribution in [0.1, 0.15) is 12.5 Å². The molecule has 30 heavy (non-hydrogen) atoms. The van der Waals surface area contributed by atoms with Crippen LogP contribution in [0.5, 0.6) is 0 Å². The zero-order valence-corrected chi connectivity index (χ0v) is 17.2. The number of anilines is 1. The summed E-state index contributed by atoms with van der Waals surface area (Å²) in [6.45, 7) is 2.65. The molecule has 1 aromatic carbocycles. The lowest BCUT2D eigenvalue weighted by atomic mass is 10.1. The van der Waals surface area contributed by atoms with Gasteiger partial charge < -0.3 is 10.1 Å². The molecule has 3 aromatic rings. The highest BCUT2D eigenvalue weighted by Gasteiger charge is 2.32. The molecule has 0 bridgehead atoms. The first-order valence-electron chi connectivity index (χ1n) is 9.52. The van der Waals surface area contributed by atoms with Crippen LogP contribution >= 0.6 is 11.3 Å². The van der Waals surface area contributed by atoms with Crippen molar-refractivity contribution in [3.05, 3.63) is 70.9 Å². The summed E-state index contributed by atoms with van der Waals surface area (Å²) in [5.41, 5.74) is 2.87. The minimum absolute atomic E-state index is 0.195. The van der Waals surface area contributed by atoms with Gasteiger partial charge in [-0.25, -0.2) is 13.8 Å². The summed E-state index contributed by atoms with van der Waals surface area (Å²) < 4.78 is 22.1. The van der Waals surface area contributed by atoms with Crippen molar-refractivity contribution in [1.29, 1.82) is 0 Å². The van der Waals surface area contributed by atoms with Gasteiger partial charge in [0.1, 0.15) is 11.9 Å². The van der Waals surface area contributed by atoms with Gasteiger partial charge in [0, 0.05) is 35.6 Å². The van der Waals surface area contributed by atoms with E-state index < -0.39 is 18.0 Å². The van der Waals surface area contributed by atoms with Crippen molar-refractivity contribution in [3.8, 4) is 11.1 Å². The Balaban J connectivity index is 1.47. The maximum Gasteiger partial charge on any atom is 0.414 e. The molecule has 1 fully saturated rings. The predicted molar refractivity (Wildman–Crippen MR) is 112 cm³/mol. The summed E-state index contributed by atoms with van der Waals surface area (Å²) in [5, 5.41) is 6.76. The summed E-state index contributed by atoms with van der Waals surface area (Å²) in [5.74, 6) is -0.611. The number of halogens is 1. The van der Waals surface area contributed by atoms with Crippen LogP contribution in [0.4, 0.5) is 14.9 Å². The maximum atomic E-state index is 14.8. The van der Waals surface area contributed by atoms with E-state index in [0.717, 1.165) is 12.1 Å². The van der Waals surface area contributed by atoms with Crippen LogP contribution in [-0.4, -0.2) is 31.2 Å². The Hall–Kier alpha value is -3.26. The Kier molecular flexibility index (Phi) is 5.76. The number of rotatable bonds is 6. The normalized spacial score (nSPS) is 15.9. The summed E-state index contributed by atoms with van der Waals surface area (Å²) in [7, 11) is 0. The van der Waals surface area contributed by atoms with E-state index >= 15 is 0 Å². The number of pyridine rings is 1. The molecule has 0 aliphatic carbocycles. The number of ether oxygens (including phenoxy) is 1. The second-order valence-corrected chi connectivity index (χ2v) is 7.89. The lowest BCUT2D eigenvalue weighted by Crippen LogP contribution is -2.33. The molecule has 1 saturated heterocycles. The number of thiophene rings is 1. The number of hydrogen-bond acceptors (Lipinski definition) is 4.